The second kappa shape index (κ2) is 2.70. The summed E-state index contributed by atoms with van der Waals surface area (Å²) < 4.78 is 0. The van der Waals surface area contributed by atoms with Crippen molar-refractivity contribution in [1.82, 2.24) is 0 Å². The van der Waals surface area contributed by atoms with E-state index in [2.05, 4.69) is 12.2 Å². The molecule has 13 heavy (non-hydrogen) atoms. The number of hydrogen-bond acceptors (Lipinski definition) is 1. The summed E-state index contributed by atoms with van der Waals surface area (Å²) in [5.41, 5.74) is 1.01. The van der Waals surface area contributed by atoms with Crippen molar-refractivity contribution < 1.29 is 0 Å². The van der Waals surface area contributed by atoms with E-state index in [-0.39, 0.29) is 0 Å². The summed E-state index contributed by atoms with van der Waals surface area (Å²) in [6.07, 6.45) is 11.2. The highest BCUT2D eigenvalue weighted by Gasteiger charge is 2.41. The minimum absolute atomic E-state index is 0.868. The molecule has 0 spiro atoms. The molecule has 0 aromatic heterocycles. The van der Waals surface area contributed by atoms with Gasteiger partial charge in [-0.05, 0) is 55.8 Å². The fourth-order valence-electron chi connectivity index (χ4n) is 3.61. The van der Waals surface area contributed by atoms with Crippen molar-refractivity contribution in [3.63, 3.8) is 0 Å². The van der Waals surface area contributed by atoms with Crippen LogP contribution in [0, 0.1) is 29.1 Å². The lowest BCUT2D eigenvalue weighted by atomic mass is 9.81. The summed E-state index contributed by atoms with van der Waals surface area (Å²) in [6, 6.07) is 0. The first-order chi connectivity index (χ1) is 6.33. The van der Waals surface area contributed by atoms with Gasteiger partial charge in [-0.15, -0.1) is 0 Å². The molecule has 3 aliphatic rings. The molecule has 0 heterocycles. The first-order valence-electron chi connectivity index (χ1n) is 5.57. The van der Waals surface area contributed by atoms with Gasteiger partial charge in [-0.3, -0.25) is 0 Å². The lowest BCUT2D eigenvalue weighted by molar-refractivity contribution is 0.298. The van der Waals surface area contributed by atoms with Crippen molar-refractivity contribution in [2.75, 3.05) is 0 Å². The Balaban J connectivity index is 1.73. The molecule has 3 rings (SSSR count). The van der Waals surface area contributed by atoms with Crippen LogP contribution in [-0.2, 0) is 0 Å². The molecule has 1 heteroatoms. The minimum Gasteiger partial charge on any atom is -0.310 e. The van der Waals surface area contributed by atoms with E-state index in [0.717, 1.165) is 42.2 Å². The van der Waals surface area contributed by atoms with Gasteiger partial charge in [0.15, 0.2) is 0 Å². The summed E-state index contributed by atoms with van der Waals surface area (Å²) >= 11 is 0. The van der Waals surface area contributed by atoms with E-state index in [9.17, 15) is 0 Å². The molecule has 3 aliphatic carbocycles. The quantitative estimate of drug-likeness (QED) is 0.592. The first-order valence-corrected chi connectivity index (χ1v) is 5.57. The van der Waals surface area contributed by atoms with E-state index < -0.39 is 0 Å². The molecule has 70 valence electrons. The van der Waals surface area contributed by atoms with E-state index in [4.69, 9.17) is 5.41 Å². The van der Waals surface area contributed by atoms with Gasteiger partial charge >= 0.3 is 0 Å². The van der Waals surface area contributed by atoms with Gasteiger partial charge in [0.2, 0.25) is 0 Å². The fraction of sp³-hybridized carbons (Fsp3) is 0.750. The fourth-order valence-corrected chi connectivity index (χ4v) is 3.61. The van der Waals surface area contributed by atoms with Crippen LogP contribution < -0.4 is 0 Å². The Morgan fingerprint density at radius 1 is 1.23 bits per heavy atom. The molecule has 4 atom stereocenters. The van der Waals surface area contributed by atoms with Crippen LogP contribution in [0.3, 0.4) is 0 Å². The molecule has 1 N–H and O–H groups in total. The predicted molar refractivity (Wildman–Crippen MR) is 53.9 cm³/mol. The summed E-state index contributed by atoms with van der Waals surface area (Å²) in [5.74, 6) is 3.61. The lowest BCUT2D eigenvalue weighted by Gasteiger charge is -2.24. The highest BCUT2D eigenvalue weighted by Crippen LogP contribution is 2.49. The van der Waals surface area contributed by atoms with Crippen molar-refractivity contribution in [3.05, 3.63) is 12.2 Å². The van der Waals surface area contributed by atoms with Gasteiger partial charge in [-0.2, -0.15) is 0 Å². The van der Waals surface area contributed by atoms with Crippen LogP contribution in [0.5, 0.6) is 0 Å². The first kappa shape index (κ1) is 7.78. The van der Waals surface area contributed by atoms with Crippen LogP contribution in [0.25, 0.3) is 0 Å². The maximum absolute atomic E-state index is 7.66. The Morgan fingerprint density at radius 3 is 2.69 bits per heavy atom. The zero-order valence-electron chi connectivity index (χ0n) is 8.00. The van der Waals surface area contributed by atoms with Gasteiger partial charge in [-0.25, -0.2) is 0 Å². The summed E-state index contributed by atoms with van der Waals surface area (Å²) in [7, 11) is 0. The number of fused-ring (bicyclic) bond motifs is 2. The second-order valence-electron chi connectivity index (χ2n) is 5.05. The molecule has 2 bridgehead atoms. The SMILES string of the molecule is N=C1CCC(C2CC3C=CC2C3)C1. The van der Waals surface area contributed by atoms with Crippen molar-refractivity contribution >= 4 is 5.71 Å². The van der Waals surface area contributed by atoms with Crippen molar-refractivity contribution in [1.29, 1.82) is 5.41 Å². The van der Waals surface area contributed by atoms with Crippen LogP contribution in [0.4, 0.5) is 0 Å². The van der Waals surface area contributed by atoms with Crippen LogP contribution in [-0.4, -0.2) is 5.71 Å². The van der Waals surface area contributed by atoms with Gasteiger partial charge in [0.1, 0.15) is 0 Å². The summed E-state index contributed by atoms with van der Waals surface area (Å²) in [6.45, 7) is 0. The smallest absolute Gasteiger partial charge is 0.00921 e. The largest absolute Gasteiger partial charge is 0.310 e. The van der Waals surface area contributed by atoms with Gasteiger partial charge in [0, 0.05) is 5.71 Å². The molecule has 2 saturated carbocycles. The zero-order valence-corrected chi connectivity index (χ0v) is 8.00. The van der Waals surface area contributed by atoms with E-state index in [1.54, 1.807) is 0 Å². The van der Waals surface area contributed by atoms with Gasteiger partial charge in [0.05, 0.1) is 0 Å². The third-order valence-electron chi connectivity index (χ3n) is 4.26. The topological polar surface area (TPSA) is 23.9 Å². The van der Waals surface area contributed by atoms with Gasteiger partial charge in [-0.1, -0.05) is 12.2 Å². The average Bonchev–Trinajstić information content (AvgIpc) is 2.77. The summed E-state index contributed by atoms with van der Waals surface area (Å²) in [4.78, 5) is 0. The average molecular weight is 175 g/mol. The highest BCUT2D eigenvalue weighted by atomic mass is 14.5. The number of allylic oxidation sites excluding steroid dienone is 2. The molecule has 0 aromatic carbocycles. The number of rotatable bonds is 1. The van der Waals surface area contributed by atoms with Crippen molar-refractivity contribution in [2.24, 2.45) is 23.7 Å². The zero-order chi connectivity index (χ0) is 8.84. The maximum atomic E-state index is 7.66. The molecule has 4 unspecified atom stereocenters. The summed E-state index contributed by atoms with van der Waals surface area (Å²) in [5, 5.41) is 7.66. The maximum Gasteiger partial charge on any atom is 0.00921 e. The van der Waals surface area contributed by atoms with E-state index in [1.807, 2.05) is 0 Å². The Kier molecular flexibility index (Phi) is 1.61. The van der Waals surface area contributed by atoms with E-state index >= 15 is 0 Å². The Morgan fingerprint density at radius 2 is 2.15 bits per heavy atom. The van der Waals surface area contributed by atoms with Crippen LogP contribution >= 0.6 is 0 Å². The Labute approximate surface area is 79.7 Å². The molecule has 0 aliphatic heterocycles. The Bertz CT molecular complexity index is 266. The highest BCUT2D eigenvalue weighted by molar-refractivity contribution is 5.83. The lowest BCUT2D eigenvalue weighted by Crippen LogP contribution is -2.16. The molecular formula is C12H17N. The second-order valence-corrected chi connectivity index (χ2v) is 5.05. The third kappa shape index (κ3) is 1.17. The Hall–Kier alpha value is -0.590. The van der Waals surface area contributed by atoms with Crippen molar-refractivity contribution in [2.45, 2.75) is 32.1 Å². The molecule has 0 radical (unpaired) electrons. The normalized spacial score (nSPS) is 47.8. The van der Waals surface area contributed by atoms with Gasteiger partial charge in [0.25, 0.3) is 0 Å². The van der Waals surface area contributed by atoms with Crippen LogP contribution in [0.15, 0.2) is 12.2 Å². The molecule has 1 nitrogen and oxygen atoms in total. The van der Waals surface area contributed by atoms with Crippen LogP contribution in [0.2, 0.25) is 0 Å². The molecular weight excluding hydrogens is 158 g/mol. The van der Waals surface area contributed by atoms with Crippen LogP contribution in [0.1, 0.15) is 32.1 Å². The number of nitrogens with one attached hydrogen (secondary N) is 1. The third-order valence-corrected chi connectivity index (χ3v) is 4.26. The molecule has 0 amide bonds. The molecule has 2 fully saturated rings. The molecule has 0 saturated heterocycles. The minimum atomic E-state index is 0.868. The molecule has 0 aromatic rings. The monoisotopic (exact) mass is 175 g/mol. The predicted octanol–water partition coefficient (Wildman–Crippen LogP) is 3.02. The standard InChI is InChI=1S/C12H17N/c13-11-4-3-10(7-11)12-6-8-1-2-9(12)5-8/h1-2,8-10,12-13H,3-7H2. The van der Waals surface area contributed by atoms with E-state index in [0.29, 0.717) is 0 Å². The number of hydrogen-bond donors (Lipinski definition) is 1. The van der Waals surface area contributed by atoms with Crippen molar-refractivity contribution in [3.8, 4) is 0 Å². The van der Waals surface area contributed by atoms with E-state index in [1.165, 1.54) is 19.3 Å². The van der Waals surface area contributed by atoms with Gasteiger partial charge < -0.3 is 5.41 Å².